The van der Waals surface area contributed by atoms with E-state index in [0.717, 1.165) is 16.8 Å². The fraction of sp³-hybridized carbons (Fsp3) is 0.280. The smallest absolute Gasteiger partial charge is 0.180 e. The van der Waals surface area contributed by atoms with Crippen LogP contribution in [0.3, 0.4) is 0 Å². The summed E-state index contributed by atoms with van der Waals surface area (Å²) in [5, 5.41) is 4.01. The van der Waals surface area contributed by atoms with Gasteiger partial charge in [0.25, 0.3) is 0 Å². The van der Waals surface area contributed by atoms with Crippen molar-refractivity contribution in [2.24, 2.45) is 0 Å². The van der Waals surface area contributed by atoms with Gasteiger partial charge in [0.15, 0.2) is 11.5 Å². The molecule has 29 heavy (non-hydrogen) atoms. The quantitative estimate of drug-likeness (QED) is 0.441. The first-order chi connectivity index (χ1) is 14.0. The Labute approximate surface area is 178 Å². The van der Waals surface area contributed by atoms with Crippen LogP contribution in [0.25, 0.3) is 0 Å². The van der Waals surface area contributed by atoms with Gasteiger partial charge in [0, 0.05) is 12.2 Å². The van der Waals surface area contributed by atoms with Crippen LogP contribution in [0.4, 0.5) is 5.69 Å². The predicted octanol–water partition coefficient (Wildman–Crippen LogP) is 6.86. The molecule has 1 N–H and O–H groups in total. The van der Waals surface area contributed by atoms with Gasteiger partial charge in [-0.3, -0.25) is 0 Å². The highest BCUT2D eigenvalue weighted by Gasteiger charge is 2.13. The summed E-state index contributed by atoms with van der Waals surface area (Å²) in [7, 11) is 0. The summed E-state index contributed by atoms with van der Waals surface area (Å²) in [5.41, 5.74) is 7.00. The zero-order chi connectivity index (χ0) is 20.8. The molecule has 3 aromatic rings. The molecule has 0 unspecified atom stereocenters. The molecule has 0 spiro atoms. The van der Waals surface area contributed by atoms with Gasteiger partial charge in [-0.25, -0.2) is 0 Å². The van der Waals surface area contributed by atoms with E-state index in [9.17, 15) is 0 Å². The molecule has 0 aliphatic heterocycles. The standard InChI is InChI=1S/C25H28ClNO2/c1-5-28-24-14-20(15-27-22-11-10-17(2)19(4)12-22)13-23(26)25(24)29-16-21-9-7-6-8-18(21)3/h6-14,27H,5,15-16H2,1-4H3. The van der Waals surface area contributed by atoms with Crippen molar-refractivity contribution in [1.82, 2.24) is 0 Å². The third-order valence-corrected chi connectivity index (χ3v) is 5.29. The summed E-state index contributed by atoms with van der Waals surface area (Å²) in [6.07, 6.45) is 0. The van der Waals surface area contributed by atoms with Crippen molar-refractivity contribution in [1.29, 1.82) is 0 Å². The van der Waals surface area contributed by atoms with Gasteiger partial charge in [-0.1, -0.05) is 41.9 Å². The summed E-state index contributed by atoms with van der Waals surface area (Å²) in [5.74, 6) is 1.26. The number of halogens is 1. The average Bonchev–Trinajstić information content (AvgIpc) is 2.70. The van der Waals surface area contributed by atoms with Crippen LogP contribution in [-0.4, -0.2) is 6.61 Å². The second-order valence-corrected chi connectivity index (χ2v) is 7.61. The average molecular weight is 410 g/mol. The SMILES string of the molecule is CCOc1cc(CNc2ccc(C)c(C)c2)cc(Cl)c1OCc1ccccc1C. The van der Waals surface area contributed by atoms with E-state index in [2.05, 4.69) is 56.4 Å². The lowest BCUT2D eigenvalue weighted by atomic mass is 10.1. The van der Waals surface area contributed by atoms with Gasteiger partial charge in [-0.15, -0.1) is 0 Å². The van der Waals surface area contributed by atoms with E-state index in [0.29, 0.717) is 36.3 Å². The topological polar surface area (TPSA) is 30.5 Å². The molecular formula is C25H28ClNO2. The number of rotatable bonds is 8. The zero-order valence-electron chi connectivity index (χ0n) is 17.5. The van der Waals surface area contributed by atoms with Crippen molar-refractivity contribution in [3.63, 3.8) is 0 Å². The van der Waals surface area contributed by atoms with E-state index in [1.165, 1.54) is 16.7 Å². The van der Waals surface area contributed by atoms with Crippen molar-refractivity contribution < 1.29 is 9.47 Å². The van der Waals surface area contributed by atoms with Gasteiger partial charge in [-0.2, -0.15) is 0 Å². The molecule has 152 valence electrons. The Bertz CT molecular complexity index is 985. The van der Waals surface area contributed by atoms with Crippen LogP contribution < -0.4 is 14.8 Å². The van der Waals surface area contributed by atoms with E-state index in [4.69, 9.17) is 21.1 Å². The lowest BCUT2D eigenvalue weighted by Gasteiger charge is -2.17. The van der Waals surface area contributed by atoms with Crippen LogP contribution >= 0.6 is 11.6 Å². The monoisotopic (exact) mass is 409 g/mol. The summed E-state index contributed by atoms with van der Waals surface area (Å²) in [6.45, 7) is 9.91. The van der Waals surface area contributed by atoms with Crippen molar-refractivity contribution in [3.8, 4) is 11.5 Å². The molecule has 3 rings (SSSR count). The largest absolute Gasteiger partial charge is 0.490 e. The van der Waals surface area contributed by atoms with Crippen LogP contribution in [0.2, 0.25) is 5.02 Å². The minimum absolute atomic E-state index is 0.451. The normalized spacial score (nSPS) is 10.7. The number of hydrogen-bond donors (Lipinski definition) is 1. The summed E-state index contributed by atoms with van der Waals surface area (Å²) >= 11 is 6.57. The molecule has 0 aliphatic rings. The molecule has 0 heterocycles. The Morgan fingerprint density at radius 3 is 2.38 bits per heavy atom. The predicted molar refractivity (Wildman–Crippen MR) is 121 cm³/mol. The Hall–Kier alpha value is -2.65. The maximum absolute atomic E-state index is 6.57. The van der Waals surface area contributed by atoms with E-state index in [1.807, 2.05) is 31.2 Å². The van der Waals surface area contributed by atoms with Gasteiger partial charge in [0.1, 0.15) is 6.61 Å². The molecule has 4 heteroatoms. The minimum atomic E-state index is 0.451. The number of ether oxygens (including phenoxy) is 2. The third-order valence-electron chi connectivity index (χ3n) is 5.01. The maximum atomic E-state index is 6.57. The Kier molecular flexibility index (Phi) is 7.05. The summed E-state index contributed by atoms with van der Waals surface area (Å²) in [6, 6.07) is 18.5. The molecule has 0 atom stereocenters. The minimum Gasteiger partial charge on any atom is -0.490 e. The fourth-order valence-corrected chi connectivity index (χ4v) is 3.39. The molecule has 0 aromatic heterocycles. The Morgan fingerprint density at radius 1 is 0.862 bits per heavy atom. The summed E-state index contributed by atoms with van der Waals surface area (Å²) < 4.78 is 11.9. The first-order valence-corrected chi connectivity index (χ1v) is 10.3. The van der Waals surface area contributed by atoms with Gasteiger partial charge >= 0.3 is 0 Å². The highest BCUT2D eigenvalue weighted by atomic mass is 35.5. The third kappa shape index (κ3) is 5.45. The molecular weight excluding hydrogens is 382 g/mol. The van der Waals surface area contributed by atoms with Gasteiger partial charge in [0.2, 0.25) is 0 Å². The van der Waals surface area contributed by atoms with Crippen LogP contribution in [0.15, 0.2) is 54.6 Å². The number of aryl methyl sites for hydroxylation is 3. The maximum Gasteiger partial charge on any atom is 0.180 e. The molecule has 0 aliphatic carbocycles. The first-order valence-electron chi connectivity index (χ1n) is 9.91. The molecule has 0 radical (unpaired) electrons. The summed E-state index contributed by atoms with van der Waals surface area (Å²) in [4.78, 5) is 0. The molecule has 3 nitrogen and oxygen atoms in total. The highest BCUT2D eigenvalue weighted by Crippen LogP contribution is 2.37. The molecule has 0 saturated heterocycles. The van der Waals surface area contributed by atoms with E-state index >= 15 is 0 Å². The van der Waals surface area contributed by atoms with Crippen LogP contribution in [0, 0.1) is 20.8 Å². The molecule has 3 aromatic carbocycles. The van der Waals surface area contributed by atoms with Crippen molar-refractivity contribution in [2.45, 2.75) is 40.8 Å². The van der Waals surface area contributed by atoms with Crippen molar-refractivity contribution in [3.05, 3.63) is 87.4 Å². The lowest BCUT2D eigenvalue weighted by molar-refractivity contribution is 0.269. The fourth-order valence-electron chi connectivity index (χ4n) is 3.10. The van der Waals surface area contributed by atoms with Gasteiger partial charge in [-0.05, 0) is 79.8 Å². The van der Waals surface area contributed by atoms with Gasteiger partial charge < -0.3 is 14.8 Å². The second-order valence-electron chi connectivity index (χ2n) is 7.21. The van der Waals surface area contributed by atoms with E-state index in [-0.39, 0.29) is 0 Å². The Morgan fingerprint density at radius 2 is 1.66 bits per heavy atom. The number of hydrogen-bond acceptors (Lipinski definition) is 3. The number of nitrogens with one attached hydrogen (secondary N) is 1. The van der Waals surface area contributed by atoms with Crippen molar-refractivity contribution >= 4 is 17.3 Å². The van der Waals surface area contributed by atoms with E-state index < -0.39 is 0 Å². The molecule has 0 amide bonds. The molecule has 0 fully saturated rings. The highest BCUT2D eigenvalue weighted by molar-refractivity contribution is 6.32. The van der Waals surface area contributed by atoms with Crippen molar-refractivity contribution in [2.75, 3.05) is 11.9 Å². The number of anilines is 1. The van der Waals surface area contributed by atoms with Gasteiger partial charge in [0.05, 0.1) is 11.6 Å². The zero-order valence-corrected chi connectivity index (χ0v) is 18.3. The number of benzene rings is 3. The second kappa shape index (κ2) is 9.71. The van der Waals surface area contributed by atoms with Crippen LogP contribution in [-0.2, 0) is 13.2 Å². The van der Waals surface area contributed by atoms with Crippen LogP contribution in [0.5, 0.6) is 11.5 Å². The van der Waals surface area contributed by atoms with Crippen LogP contribution in [0.1, 0.15) is 34.7 Å². The Balaban J connectivity index is 1.76. The molecule has 0 saturated carbocycles. The first kappa shape index (κ1) is 21.1. The van der Waals surface area contributed by atoms with E-state index in [1.54, 1.807) is 0 Å². The lowest BCUT2D eigenvalue weighted by Crippen LogP contribution is -2.04. The molecule has 0 bridgehead atoms.